The third-order valence-electron chi connectivity index (χ3n) is 2.14. The van der Waals surface area contributed by atoms with E-state index < -0.39 is 0 Å². The van der Waals surface area contributed by atoms with E-state index in [4.69, 9.17) is 0 Å². The van der Waals surface area contributed by atoms with Crippen LogP contribution < -0.4 is 0 Å². The van der Waals surface area contributed by atoms with Crippen molar-refractivity contribution in [3.63, 3.8) is 0 Å². The highest BCUT2D eigenvalue weighted by molar-refractivity contribution is 5.31. The highest BCUT2D eigenvalue weighted by Crippen LogP contribution is 2.09. The van der Waals surface area contributed by atoms with Gasteiger partial charge in [-0.25, -0.2) is 0 Å². The lowest BCUT2D eigenvalue weighted by Gasteiger charge is -1.98. The van der Waals surface area contributed by atoms with Gasteiger partial charge < -0.3 is 0 Å². The summed E-state index contributed by atoms with van der Waals surface area (Å²) in [5.41, 5.74) is 4.01. The summed E-state index contributed by atoms with van der Waals surface area (Å²) >= 11 is 0. The van der Waals surface area contributed by atoms with Gasteiger partial charge in [-0.2, -0.15) is 0 Å². The van der Waals surface area contributed by atoms with E-state index in [0.29, 0.717) is 0 Å². The van der Waals surface area contributed by atoms with Crippen LogP contribution in [0.25, 0.3) is 0 Å². The highest BCUT2D eigenvalue weighted by Gasteiger charge is 1.88. The van der Waals surface area contributed by atoms with Gasteiger partial charge >= 0.3 is 0 Å². The van der Waals surface area contributed by atoms with Gasteiger partial charge in [-0.05, 0) is 39.7 Å². The molecule has 0 bridgehead atoms. The summed E-state index contributed by atoms with van der Waals surface area (Å²) in [6, 6.07) is 0. The van der Waals surface area contributed by atoms with Crippen LogP contribution in [0.2, 0.25) is 0 Å². The van der Waals surface area contributed by atoms with Gasteiger partial charge in [0.25, 0.3) is 0 Å². The molecule has 0 saturated carbocycles. The summed E-state index contributed by atoms with van der Waals surface area (Å²) in [7, 11) is 0. The Bertz CT molecular complexity index is 249. The molecule has 0 fully saturated rings. The van der Waals surface area contributed by atoms with Gasteiger partial charge in [0, 0.05) is 0 Å². The van der Waals surface area contributed by atoms with Gasteiger partial charge in [0.1, 0.15) is 0 Å². The van der Waals surface area contributed by atoms with E-state index in [-0.39, 0.29) is 0 Å². The van der Waals surface area contributed by atoms with E-state index in [0.717, 1.165) is 6.42 Å². The van der Waals surface area contributed by atoms with Crippen LogP contribution in [-0.4, -0.2) is 0 Å². The van der Waals surface area contributed by atoms with Crippen molar-refractivity contribution in [2.45, 2.75) is 34.1 Å². The first kappa shape index (κ1) is 12.0. The molecule has 0 radical (unpaired) electrons. The molecule has 0 aliphatic rings. The van der Waals surface area contributed by atoms with Crippen LogP contribution in [0.1, 0.15) is 34.1 Å². The van der Waals surface area contributed by atoms with Crippen molar-refractivity contribution in [1.82, 2.24) is 0 Å². The molecule has 0 unspecified atom stereocenters. The van der Waals surface area contributed by atoms with E-state index in [1.807, 2.05) is 6.08 Å². The fraction of sp³-hybridized carbons (Fsp3) is 0.385. The minimum atomic E-state index is 0.971. The number of hydrogen-bond acceptors (Lipinski definition) is 0. The predicted octanol–water partition coefficient (Wildman–Crippen LogP) is 4.42. The Labute approximate surface area is 82.4 Å². The molecule has 0 N–H and O–H groups in total. The zero-order valence-electron chi connectivity index (χ0n) is 9.22. The molecule has 72 valence electrons. The Hall–Kier alpha value is -1.04. The largest absolute Gasteiger partial charge is 0.103 e. The maximum absolute atomic E-state index is 3.71. The fourth-order valence-corrected chi connectivity index (χ4v) is 0.922. The molecular weight excluding hydrogens is 156 g/mol. The predicted molar refractivity (Wildman–Crippen MR) is 61.8 cm³/mol. The minimum Gasteiger partial charge on any atom is -0.103 e. The second-order valence-electron chi connectivity index (χ2n) is 3.33. The quantitative estimate of drug-likeness (QED) is 0.439. The van der Waals surface area contributed by atoms with Crippen LogP contribution in [0.4, 0.5) is 0 Å². The Morgan fingerprint density at radius 3 is 2.15 bits per heavy atom. The lowest BCUT2D eigenvalue weighted by atomic mass is 10.1. The molecule has 0 aromatic rings. The molecule has 0 saturated heterocycles. The van der Waals surface area contributed by atoms with Crippen LogP contribution in [-0.2, 0) is 0 Å². The lowest BCUT2D eigenvalue weighted by molar-refractivity contribution is 1.21. The van der Waals surface area contributed by atoms with E-state index in [9.17, 15) is 0 Å². The molecule has 0 amide bonds. The van der Waals surface area contributed by atoms with Crippen molar-refractivity contribution >= 4 is 0 Å². The first-order valence-corrected chi connectivity index (χ1v) is 4.70. The normalized spacial score (nSPS) is 14.6. The van der Waals surface area contributed by atoms with Crippen molar-refractivity contribution in [3.8, 4) is 0 Å². The fourth-order valence-electron chi connectivity index (χ4n) is 0.922. The molecule has 0 rings (SSSR count). The zero-order chi connectivity index (χ0) is 10.3. The van der Waals surface area contributed by atoms with Gasteiger partial charge in [0.2, 0.25) is 0 Å². The molecule has 0 spiro atoms. The summed E-state index contributed by atoms with van der Waals surface area (Å²) in [5.74, 6) is 0. The second-order valence-corrected chi connectivity index (χ2v) is 3.33. The zero-order valence-corrected chi connectivity index (χ0v) is 9.22. The maximum Gasteiger partial charge on any atom is -0.0141 e. The average molecular weight is 176 g/mol. The van der Waals surface area contributed by atoms with Gasteiger partial charge in [-0.3, -0.25) is 0 Å². The molecule has 0 nitrogen and oxygen atoms in total. The van der Waals surface area contributed by atoms with Crippen molar-refractivity contribution in [2.75, 3.05) is 0 Å². The highest BCUT2D eigenvalue weighted by atomic mass is 13.9. The van der Waals surface area contributed by atoms with Crippen LogP contribution in [0, 0.1) is 0 Å². The molecule has 0 heterocycles. The maximum atomic E-state index is 3.71. The van der Waals surface area contributed by atoms with E-state index in [1.165, 1.54) is 16.7 Å². The molecule has 0 aliphatic carbocycles. The summed E-state index contributed by atoms with van der Waals surface area (Å²) in [6.45, 7) is 12.1. The van der Waals surface area contributed by atoms with Gasteiger partial charge in [0.05, 0.1) is 0 Å². The third kappa shape index (κ3) is 5.24. The SMILES string of the molecule is C=CC/C(C)=C/C=C(C)/C(C)=C/C. The Balaban J connectivity index is 4.41. The van der Waals surface area contributed by atoms with Gasteiger partial charge in [-0.1, -0.05) is 35.5 Å². The van der Waals surface area contributed by atoms with E-state index in [2.05, 4.69) is 52.5 Å². The van der Waals surface area contributed by atoms with Crippen molar-refractivity contribution in [3.05, 3.63) is 47.6 Å². The van der Waals surface area contributed by atoms with Gasteiger partial charge in [0.15, 0.2) is 0 Å². The number of hydrogen-bond donors (Lipinski definition) is 0. The Kier molecular flexibility index (Phi) is 5.96. The molecule has 0 aromatic heterocycles. The summed E-state index contributed by atoms with van der Waals surface area (Å²) < 4.78 is 0. The van der Waals surface area contributed by atoms with Crippen LogP contribution in [0.3, 0.4) is 0 Å². The monoisotopic (exact) mass is 176 g/mol. The average Bonchev–Trinajstić information content (AvgIpc) is 2.13. The molecular formula is C13H20. The van der Waals surface area contributed by atoms with E-state index >= 15 is 0 Å². The van der Waals surface area contributed by atoms with Crippen molar-refractivity contribution in [2.24, 2.45) is 0 Å². The molecule has 0 aliphatic heterocycles. The van der Waals surface area contributed by atoms with Crippen molar-refractivity contribution < 1.29 is 0 Å². The first-order valence-electron chi connectivity index (χ1n) is 4.70. The smallest absolute Gasteiger partial charge is 0.0141 e. The molecule has 13 heavy (non-hydrogen) atoms. The summed E-state index contributed by atoms with van der Waals surface area (Å²) in [4.78, 5) is 0. The minimum absolute atomic E-state index is 0.971. The Morgan fingerprint density at radius 2 is 1.69 bits per heavy atom. The van der Waals surface area contributed by atoms with Crippen molar-refractivity contribution in [1.29, 1.82) is 0 Å². The molecule has 0 aromatic carbocycles. The molecule has 0 heteroatoms. The third-order valence-corrected chi connectivity index (χ3v) is 2.14. The Morgan fingerprint density at radius 1 is 1.08 bits per heavy atom. The van der Waals surface area contributed by atoms with Crippen LogP contribution in [0.5, 0.6) is 0 Å². The van der Waals surface area contributed by atoms with Crippen LogP contribution in [0.15, 0.2) is 47.6 Å². The molecule has 0 atom stereocenters. The standard InChI is InChI=1S/C13H20/c1-6-8-11(3)9-10-13(5)12(4)7-2/h6-7,9-10H,1,8H2,2-5H3/b11-9+,12-7+,13-10+. The summed E-state index contributed by atoms with van der Waals surface area (Å²) in [6.07, 6.45) is 9.34. The van der Waals surface area contributed by atoms with E-state index in [1.54, 1.807) is 0 Å². The first-order chi connectivity index (χ1) is 6.11. The lowest BCUT2D eigenvalue weighted by Crippen LogP contribution is -1.78. The summed E-state index contributed by atoms with van der Waals surface area (Å²) in [5, 5.41) is 0. The van der Waals surface area contributed by atoms with Crippen LogP contribution >= 0.6 is 0 Å². The number of allylic oxidation sites excluding steroid dienone is 7. The number of rotatable bonds is 4. The van der Waals surface area contributed by atoms with Gasteiger partial charge in [-0.15, -0.1) is 6.58 Å². The second kappa shape index (κ2) is 6.47. The topological polar surface area (TPSA) is 0 Å².